The van der Waals surface area contributed by atoms with E-state index in [1.165, 1.54) is 18.4 Å². The van der Waals surface area contributed by atoms with E-state index < -0.39 is 0 Å². The molecule has 0 unspecified atom stereocenters. The fraction of sp³-hybridized carbons (Fsp3) is 0.304. The molecule has 0 saturated carbocycles. The first kappa shape index (κ1) is 18.4. The second-order valence-corrected chi connectivity index (χ2v) is 7.33. The van der Waals surface area contributed by atoms with E-state index in [0.717, 1.165) is 36.6 Å². The minimum Gasteiger partial charge on any atom is -0.349 e. The van der Waals surface area contributed by atoms with Crippen LogP contribution in [0.1, 0.15) is 28.9 Å². The Morgan fingerprint density at radius 1 is 1.04 bits per heavy atom. The Balaban J connectivity index is 1.59. The molecule has 1 aliphatic rings. The summed E-state index contributed by atoms with van der Waals surface area (Å²) in [5.74, 6) is -0.0885. The van der Waals surface area contributed by atoms with E-state index in [1.807, 2.05) is 67.6 Å². The van der Waals surface area contributed by atoms with Crippen LogP contribution in [-0.4, -0.2) is 46.8 Å². The van der Waals surface area contributed by atoms with Crippen molar-refractivity contribution in [2.24, 2.45) is 0 Å². The molecule has 0 bridgehead atoms. The number of rotatable bonds is 6. The van der Waals surface area contributed by atoms with E-state index in [-0.39, 0.29) is 5.91 Å². The molecule has 1 N–H and O–H groups in total. The molecule has 3 aromatic rings. The highest BCUT2D eigenvalue weighted by atomic mass is 16.2. The molecule has 0 atom stereocenters. The molecule has 28 heavy (non-hydrogen) atoms. The van der Waals surface area contributed by atoms with E-state index in [9.17, 15) is 4.79 Å². The molecule has 1 saturated heterocycles. The Bertz CT molecular complexity index is 925. The van der Waals surface area contributed by atoms with Gasteiger partial charge in [-0.3, -0.25) is 4.79 Å². The molecular formula is C23H26N4O. The molecule has 5 nitrogen and oxygen atoms in total. The van der Waals surface area contributed by atoms with Gasteiger partial charge in [-0.05, 0) is 51.1 Å². The average molecular weight is 374 g/mol. The Kier molecular flexibility index (Phi) is 5.53. The predicted molar refractivity (Wildman–Crippen MR) is 112 cm³/mol. The first-order valence-corrected chi connectivity index (χ1v) is 9.94. The molecule has 1 fully saturated rings. The van der Waals surface area contributed by atoms with Gasteiger partial charge in [0.1, 0.15) is 5.69 Å². The van der Waals surface area contributed by atoms with Crippen molar-refractivity contribution >= 4 is 5.91 Å². The lowest BCUT2D eigenvalue weighted by Crippen LogP contribution is -2.34. The summed E-state index contributed by atoms with van der Waals surface area (Å²) in [4.78, 5) is 15.3. The van der Waals surface area contributed by atoms with Crippen LogP contribution in [0.4, 0.5) is 0 Å². The summed E-state index contributed by atoms with van der Waals surface area (Å²) in [6.45, 7) is 5.87. The third kappa shape index (κ3) is 4.15. The number of carbonyl (C=O) groups is 1. The Morgan fingerprint density at radius 2 is 1.75 bits per heavy atom. The number of aromatic nitrogens is 2. The molecule has 5 heteroatoms. The predicted octanol–water partition coefficient (Wildman–Crippen LogP) is 3.67. The molecule has 4 rings (SSSR count). The molecular weight excluding hydrogens is 348 g/mol. The zero-order valence-corrected chi connectivity index (χ0v) is 16.3. The lowest BCUT2D eigenvalue weighted by Gasteiger charge is -2.15. The number of nitrogens with one attached hydrogen (secondary N) is 1. The highest BCUT2D eigenvalue weighted by Gasteiger charge is 2.18. The number of benzene rings is 2. The van der Waals surface area contributed by atoms with Crippen molar-refractivity contribution in [3.8, 4) is 16.9 Å². The van der Waals surface area contributed by atoms with Crippen LogP contribution in [0.2, 0.25) is 0 Å². The summed E-state index contributed by atoms with van der Waals surface area (Å²) >= 11 is 0. The second kappa shape index (κ2) is 8.40. The fourth-order valence-electron chi connectivity index (χ4n) is 3.60. The van der Waals surface area contributed by atoms with Gasteiger partial charge in [0, 0.05) is 18.7 Å². The topological polar surface area (TPSA) is 50.2 Å². The lowest BCUT2D eigenvalue weighted by molar-refractivity contribution is 0.0942. The van der Waals surface area contributed by atoms with E-state index in [1.54, 1.807) is 4.68 Å². The third-order valence-corrected chi connectivity index (χ3v) is 5.20. The van der Waals surface area contributed by atoms with Crippen LogP contribution in [0.3, 0.4) is 0 Å². The van der Waals surface area contributed by atoms with Crippen LogP contribution < -0.4 is 5.32 Å². The number of hydrogen-bond acceptors (Lipinski definition) is 3. The van der Waals surface area contributed by atoms with Crippen LogP contribution in [0.15, 0.2) is 60.7 Å². The van der Waals surface area contributed by atoms with Crippen LogP contribution in [0.5, 0.6) is 0 Å². The van der Waals surface area contributed by atoms with Crippen molar-refractivity contribution in [1.29, 1.82) is 0 Å². The Labute approximate surface area is 166 Å². The van der Waals surface area contributed by atoms with E-state index in [2.05, 4.69) is 10.2 Å². The molecule has 1 aromatic heterocycles. The lowest BCUT2D eigenvalue weighted by atomic mass is 10.1. The summed E-state index contributed by atoms with van der Waals surface area (Å²) in [5.41, 5.74) is 4.42. The van der Waals surface area contributed by atoms with E-state index >= 15 is 0 Å². The van der Waals surface area contributed by atoms with Gasteiger partial charge in [0.15, 0.2) is 0 Å². The standard InChI is InChI=1S/C23H26N4O/c1-18-9-11-20(12-10-18)27-22(17-21(25-27)19-7-3-2-4-8-19)23(28)24-13-16-26-14-5-6-15-26/h2-4,7-12,17H,5-6,13-16H2,1H3,(H,24,28). The van der Waals surface area contributed by atoms with Gasteiger partial charge in [-0.2, -0.15) is 5.10 Å². The fourth-order valence-corrected chi connectivity index (χ4v) is 3.60. The van der Waals surface area contributed by atoms with Gasteiger partial charge < -0.3 is 10.2 Å². The van der Waals surface area contributed by atoms with E-state index in [0.29, 0.717) is 12.2 Å². The van der Waals surface area contributed by atoms with Gasteiger partial charge in [-0.1, -0.05) is 48.0 Å². The first-order valence-electron chi connectivity index (χ1n) is 9.94. The summed E-state index contributed by atoms with van der Waals surface area (Å²) < 4.78 is 1.74. The normalized spacial score (nSPS) is 14.3. The second-order valence-electron chi connectivity index (χ2n) is 7.33. The molecule has 144 valence electrons. The van der Waals surface area contributed by atoms with Crippen molar-refractivity contribution in [3.63, 3.8) is 0 Å². The molecule has 0 aliphatic carbocycles. The average Bonchev–Trinajstić information content (AvgIpc) is 3.39. The summed E-state index contributed by atoms with van der Waals surface area (Å²) in [5, 5.41) is 7.80. The summed E-state index contributed by atoms with van der Waals surface area (Å²) in [6.07, 6.45) is 2.52. The summed E-state index contributed by atoms with van der Waals surface area (Å²) in [6, 6.07) is 19.9. The highest BCUT2D eigenvalue weighted by Crippen LogP contribution is 2.22. The molecule has 0 radical (unpaired) electrons. The van der Waals surface area contributed by atoms with Gasteiger partial charge >= 0.3 is 0 Å². The highest BCUT2D eigenvalue weighted by molar-refractivity contribution is 5.94. The monoisotopic (exact) mass is 374 g/mol. The minimum atomic E-state index is -0.0885. The number of hydrogen-bond donors (Lipinski definition) is 1. The number of carbonyl (C=O) groups excluding carboxylic acids is 1. The molecule has 1 amide bonds. The van der Waals surface area contributed by atoms with Gasteiger partial charge in [0.2, 0.25) is 0 Å². The van der Waals surface area contributed by atoms with Gasteiger partial charge in [0.05, 0.1) is 11.4 Å². The van der Waals surface area contributed by atoms with Gasteiger partial charge in [0.25, 0.3) is 5.91 Å². The van der Waals surface area contributed by atoms with Crippen molar-refractivity contribution in [3.05, 3.63) is 71.9 Å². The number of likely N-dealkylation sites (tertiary alicyclic amines) is 1. The van der Waals surface area contributed by atoms with Gasteiger partial charge in [-0.15, -0.1) is 0 Å². The zero-order valence-electron chi connectivity index (χ0n) is 16.3. The van der Waals surface area contributed by atoms with Crippen LogP contribution >= 0.6 is 0 Å². The van der Waals surface area contributed by atoms with Crippen LogP contribution in [0, 0.1) is 6.92 Å². The molecule has 2 aromatic carbocycles. The van der Waals surface area contributed by atoms with E-state index in [4.69, 9.17) is 5.10 Å². The maximum Gasteiger partial charge on any atom is 0.270 e. The Hall–Kier alpha value is -2.92. The SMILES string of the molecule is Cc1ccc(-n2nc(-c3ccccc3)cc2C(=O)NCCN2CCCC2)cc1. The van der Waals surface area contributed by atoms with Crippen molar-refractivity contribution < 1.29 is 4.79 Å². The number of nitrogens with zero attached hydrogens (tertiary/aromatic N) is 3. The number of aryl methyl sites for hydroxylation is 1. The third-order valence-electron chi connectivity index (χ3n) is 5.20. The van der Waals surface area contributed by atoms with Crippen LogP contribution in [-0.2, 0) is 0 Å². The maximum atomic E-state index is 12.9. The molecule has 1 aliphatic heterocycles. The van der Waals surface area contributed by atoms with Crippen LogP contribution in [0.25, 0.3) is 16.9 Å². The molecule has 2 heterocycles. The van der Waals surface area contributed by atoms with Crippen molar-refractivity contribution in [2.45, 2.75) is 19.8 Å². The van der Waals surface area contributed by atoms with Crippen molar-refractivity contribution in [2.75, 3.05) is 26.2 Å². The van der Waals surface area contributed by atoms with Gasteiger partial charge in [-0.25, -0.2) is 4.68 Å². The zero-order chi connectivity index (χ0) is 19.3. The van der Waals surface area contributed by atoms with Crippen molar-refractivity contribution in [1.82, 2.24) is 20.0 Å². The largest absolute Gasteiger partial charge is 0.349 e. The minimum absolute atomic E-state index is 0.0885. The summed E-state index contributed by atoms with van der Waals surface area (Å²) in [7, 11) is 0. The number of amides is 1. The maximum absolute atomic E-state index is 12.9. The smallest absolute Gasteiger partial charge is 0.270 e. The first-order chi connectivity index (χ1) is 13.7. The Morgan fingerprint density at radius 3 is 2.46 bits per heavy atom. The molecule has 0 spiro atoms. The quantitative estimate of drug-likeness (QED) is 0.716.